The van der Waals surface area contributed by atoms with E-state index in [1.165, 1.54) is 23.2 Å². The molecule has 0 aromatic carbocycles. The van der Waals surface area contributed by atoms with Crippen molar-refractivity contribution < 1.29 is 9.53 Å². The number of aryl methyl sites for hydroxylation is 1. The fourth-order valence-electron chi connectivity index (χ4n) is 4.23. The van der Waals surface area contributed by atoms with Crippen LogP contribution in [0.3, 0.4) is 0 Å². The van der Waals surface area contributed by atoms with Crippen molar-refractivity contribution in [2.75, 3.05) is 11.9 Å². The largest absolute Gasteiger partial charge is 0.376 e. The van der Waals surface area contributed by atoms with E-state index >= 15 is 0 Å². The maximum absolute atomic E-state index is 13.1. The number of nitriles is 1. The molecule has 0 radical (unpaired) electrons. The minimum Gasteiger partial charge on any atom is -0.376 e. The SMILES string of the molecule is Cc1c(C#N)c(NC(=O)Cn2c(Cl)nc3c2c(=O)n(C)c(=O)n3C)n(CC2CCCO2)c1C. The first-order chi connectivity index (χ1) is 15.6. The number of fused-ring (bicyclic) bond motifs is 1. The first-order valence-corrected chi connectivity index (χ1v) is 10.9. The van der Waals surface area contributed by atoms with Crippen LogP contribution in [0.4, 0.5) is 5.82 Å². The fourth-order valence-corrected chi connectivity index (χ4v) is 4.45. The van der Waals surface area contributed by atoms with Crippen molar-refractivity contribution in [1.82, 2.24) is 23.3 Å². The molecule has 1 amide bonds. The number of carbonyl (C=O) groups excluding carboxylic acids is 1. The second kappa shape index (κ2) is 8.53. The molecular formula is C21H24ClN7O4. The summed E-state index contributed by atoms with van der Waals surface area (Å²) in [4.78, 5) is 42.0. The van der Waals surface area contributed by atoms with Crippen LogP contribution in [0.25, 0.3) is 11.2 Å². The highest BCUT2D eigenvalue weighted by atomic mass is 35.5. The van der Waals surface area contributed by atoms with Crippen LogP contribution in [-0.2, 0) is 36.7 Å². The van der Waals surface area contributed by atoms with Gasteiger partial charge in [0.1, 0.15) is 18.4 Å². The van der Waals surface area contributed by atoms with Crippen molar-refractivity contribution in [3.8, 4) is 6.07 Å². The Kier molecular flexibility index (Phi) is 5.90. The average Bonchev–Trinajstić information content (AvgIpc) is 3.46. The Hall–Kier alpha value is -3.36. The summed E-state index contributed by atoms with van der Waals surface area (Å²) in [5.41, 5.74) is 1.00. The van der Waals surface area contributed by atoms with Gasteiger partial charge < -0.3 is 14.6 Å². The first-order valence-electron chi connectivity index (χ1n) is 10.5. The number of anilines is 1. The highest BCUT2D eigenvalue weighted by Gasteiger charge is 2.25. The Morgan fingerprint density at radius 2 is 2.00 bits per heavy atom. The number of nitrogens with zero attached hydrogens (tertiary/aromatic N) is 6. The molecule has 4 heterocycles. The molecule has 0 spiro atoms. The molecule has 0 bridgehead atoms. The summed E-state index contributed by atoms with van der Waals surface area (Å²) in [5.74, 6) is -0.108. The number of imidazole rings is 1. The third-order valence-electron chi connectivity index (χ3n) is 6.21. The molecule has 11 nitrogen and oxygen atoms in total. The van der Waals surface area contributed by atoms with E-state index in [9.17, 15) is 19.6 Å². The summed E-state index contributed by atoms with van der Waals surface area (Å²) in [6.07, 6.45) is 1.89. The van der Waals surface area contributed by atoms with Gasteiger partial charge in [-0.05, 0) is 43.9 Å². The summed E-state index contributed by atoms with van der Waals surface area (Å²) in [6.45, 7) is 4.61. The van der Waals surface area contributed by atoms with Crippen LogP contribution in [-0.4, -0.2) is 41.9 Å². The molecule has 1 fully saturated rings. The average molecular weight is 474 g/mol. The number of amides is 1. The van der Waals surface area contributed by atoms with Crippen LogP contribution in [0.5, 0.6) is 0 Å². The van der Waals surface area contributed by atoms with Crippen LogP contribution in [0, 0.1) is 25.2 Å². The Morgan fingerprint density at radius 3 is 2.64 bits per heavy atom. The molecule has 0 aliphatic carbocycles. The highest BCUT2D eigenvalue weighted by Crippen LogP contribution is 2.28. The smallest absolute Gasteiger partial charge is 0.332 e. The monoisotopic (exact) mass is 473 g/mol. The predicted octanol–water partition coefficient (Wildman–Crippen LogP) is 1.19. The maximum Gasteiger partial charge on any atom is 0.332 e. The second-order valence-corrected chi connectivity index (χ2v) is 8.52. The molecule has 1 N–H and O–H groups in total. The number of aromatic nitrogens is 5. The summed E-state index contributed by atoms with van der Waals surface area (Å²) < 4.78 is 11.0. The third-order valence-corrected chi connectivity index (χ3v) is 6.50. The zero-order valence-corrected chi connectivity index (χ0v) is 19.6. The van der Waals surface area contributed by atoms with E-state index in [-0.39, 0.29) is 29.1 Å². The molecule has 1 aliphatic rings. The lowest BCUT2D eigenvalue weighted by molar-refractivity contribution is -0.116. The Labute approximate surface area is 193 Å². The van der Waals surface area contributed by atoms with Gasteiger partial charge >= 0.3 is 5.69 Å². The predicted molar refractivity (Wildman–Crippen MR) is 121 cm³/mol. The van der Waals surface area contributed by atoms with Crippen molar-refractivity contribution >= 4 is 34.5 Å². The number of ether oxygens (including phenoxy) is 1. The Balaban J connectivity index is 1.71. The number of hydrogen-bond donors (Lipinski definition) is 1. The van der Waals surface area contributed by atoms with Crippen molar-refractivity contribution in [2.45, 2.75) is 45.9 Å². The summed E-state index contributed by atoms with van der Waals surface area (Å²) in [7, 11) is 2.82. The van der Waals surface area contributed by atoms with Gasteiger partial charge in [0.2, 0.25) is 11.2 Å². The molecule has 1 unspecified atom stereocenters. The van der Waals surface area contributed by atoms with Gasteiger partial charge in [0.05, 0.1) is 18.2 Å². The van der Waals surface area contributed by atoms with E-state index < -0.39 is 17.2 Å². The van der Waals surface area contributed by atoms with Crippen LogP contribution >= 0.6 is 11.6 Å². The molecule has 1 atom stereocenters. The minimum absolute atomic E-state index is 0.00837. The standard InChI is InChI=1S/C21H24ClN7O4/c1-11-12(2)28(9-13-6-5-7-33-13)17(14(11)8-23)24-15(30)10-29-16-18(25-20(29)22)26(3)21(32)27(4)19(16)31/h13H,5-7,9-10H2,1-4H3,(H,24,30). The molecule has 1 saturated heterocycles. The lowest BCUT2D eigenvalue weighted by Crippen LogP contribution is -2.38. The Bertz CT molecular complexity index is 1430. The number of halogens is 1. The molecule has 1 aliphatic heterocycles. The topological polar surface area (TPSA) is 129 Å². The molecule has 4 rings (SSSR count). The van der Waals surface area contributed by atoms with E-state index in [1.54, 1.807) is 0 Å². The van der Waals surface area contributed by atoms with Gasteiger partial charge in [-0.3, -0.25) is 23.3 Å². The third kappa shape index (κ3) is 3.75. The van der Waals surface area contributed by atoms with Crippen LogP contribution in [0.2, 0.25) is 5.28 Å². The molecule has 12 heteroatoms. The molecule has 3 aromatic rings. The minimum atomic E-state index is -0.605. The van der Waals surface area contributed by atoms with E-state index in [1.807, 2.05) is 18.4 Å². The highest BCUT2D eigenvalue weighted by molar-refractivity contribution is 6.29. The van der Waals surface area contributed by atoms with E-state index in [0.717, 1.165) is 28.7 Å². The summed E-state index contributed by atoms with van der Waals surface area (Å²) in [6, 6.07) is 2.17. The van der Waals surface area contributed by atoms with E-state index in [2.05, 4.69) is 16.4 Å². The number of nitrogens with one attached hydrogen (secondary N) is 1. The molecule has 33 heavy (non-hydrogen) atoms. The van der Waals surface area contributed by atoms with Crippen molar-refractivity contribution in [2.24, 2.45) is 14.1 Å². The maximum atomic E-state index is 13.1. The van der Waals surface area contributed by atoms with Gasteiger partial charge in [-0.15, -0.1) is 0 Å². The van der Waals surface area contributed by atoms with Crippen molar-refractivity contribution in [3.63, 3.8) is 0 Å². The van der Waals surface area contributed by atoms with Crippen molar-refractivity contribution in [1.29, 1.82) is 5.26 Å². The molecule has 174 valence electrons. The second-order valence-electron chi connectivity index (χ2n) is 8.18. The fraction of sp³-hybridized carbons (Fsp3) is 0.476. The first kappa shape index (κ1) is 22.8. The van der Waals surface area contributed by atoms with Crippen LogP contribution in [0.15, 0.2) is 9.59 Å². The van der Waals surface area contributed by atoms with Crippen LogP contribution < -0.4 is 16.6 Å². The molecule has 0 saturated carbocycles. The summed E-state index contributed by atoms with van der Waals surface area (Å²) in [5, 5.41) is 12.4. The number of rotatable bonds is 5. The van der Waals surface area contributed by atoms with Gasteiger partial charge in [0, 0.05) is 26.4 Å². The van der Waals surface area contributed by atoms with Gasteiger partial charge in [-0.25, -0.2) is 4.79 Å². The van der Waals surface area contributed by atoms with Gasteiger partial charge in [-0.2, -0.15) is 10.2 Å². The molecule has 3 aromatic heterocycles. The van der Waals surface area contributed by atoms with Gasteiger partial charge in [0.25, 0.3) is 5.56 Å². The quantitative estimate of drug-likeness (QED) is 0.554. The van der Waals surface area contributed by atoms with Gasteiger partial charge in [0.15, 0.2) is 11.2 Å². The zero-order chi connectivity index (χ0) is 24.0. The molecular weight excluding hydrogens is 450 g/mol. The van der Waals surface area contributed by atoms with E-state index in [0.29, 0.717) is 24.5 Å². The lowest BCUT2D eigenvalue weighted by atomic mass is 10.2. The van der Waals surface area contributed by atoms with Gasteiger partial charge in [-0.1, -0.05) is 0 Å². The lowest BCUT2D eigenvalue weighted by Gasteiger charge is -2.17. The normalized spacial score (nSPS) is 15.8. The number of hydrogen-bond acceptors (Lipinski definition) is 6. The van der Waals surface area contributed by atoms with E-state index in [4.69, 9.17) is 16.3 Å². The zero-order valence-electron chi connectivity index (χ0n) is 18.8. The van der Waals surface area contributed by atoms with Crippen molar-refractivity contribution in [3.05, 3.63) is 42.9 Å². The number of carbonyl (C=O) groups is 1. The van der Waals surface area contributed by atoms with Crippen LogP contribution in [0.1, 0.15) is 29.7 Å². The summed E-state index contributed by atoms with van der Waals surface area (Å²) >= 11 is 6.23. The Morgan fingerprint density at radius 1 is 1.27 bits per heavy atom.